The number of benzene rings is 1. The predicted octanol–water partition coefficient (Wildman–Crippen LogP) is 1.30. The molecular formula is C14H23N3O2S. The van der Waals surface area contributed by atoms with Crippen LogP contribution in [-0.2, 0) is 10.0 Å². The Hall–Kier alpha value is -1.11. The summed E-state index contributed by atoms with van der Waals surface area (Å²) in [4.78, 5) is 2.37. The molecule has 0 spiro atoms. The number of hydrogen-bond donors (Lipinski definition) is 2. The fraction of sp³-hybridized carbons (Fsp3) is 0.571. The third-order valence-electron chi connectivity index (χ3n) is 3.75. The Morgan fingerprint density at radius 1 is 1.30 bits per heavy atom. The standard InChI is InChI=1S/C14H23N3O2S/c1-3-9-16-20(18,19)13-8-6-5-7-12(13)17-10-14(15,4-2)11-17/h5-8,16H,3-4,9-11,15H2,1-2H3. The van der Waals surface area contributed by atoms with Gasteiger partial charge in [0.2, 0.25) is 10.0 Å². The minimum absolute atomic E-state index is 0.187. The van der Waals surface area contributed by atoms with Crippen molar-refractivity contribution in [1.82, 2.24) is 4.72 Å². The normalized spacial score (nSPS) is 17.9. The number of hydrogen-bond acceptors (Lipinski definition) is 4. The third-order valence-corrected chi connectivity index (χ3v) is 5.26. The van der Waals surface area contributed by atoms with Crippen LogP contribution in [0.3, 0.4) is 0 Å². The molecule has 1 fully saturated rings. The van der Waals surface area contributed by atoms with E-state index in [1.165, 1.54) is 0 Å². The average Bonchev–Trinajstić information content (AvgIpc) is 2.42. The van der Waals surface area contributed by atoms with Gasteiger partial charge in [-0.1, -0.05) is 26.0 Å². The van der Waals surface area contributed by atoms with Gasteiger partial charge in [-0.3, -0.25) is 0 Å². The van der Waals surface area contributed by atoms with E-state index in [-0.39, 0.29) is 5.54 Å². The molecule has 0 saturated carbocycles. The highest BCUT2D eigenvalue weighted by Crippen LogP contribution is 2.32. The van der Waals surface area contributed by atoms with Crippen LogP contribution in [0.1, 0.15) is 26.7 Å². The van der Waals surface area contributed by atoms with Gasteiger partial charge in [0.05, 0.1) is 11.2 Å². The van der Waals surface area contributed by atoms with Crippen molar-refractivity contribution in [1.29, 1.82) is 0 Å². The molecule has 0 aromatic heterocycles. The number of sulfonamides is 1. The number of rotatable bonds is 6. The predicted molar refractivity (Wildman–Crippen MR) is 81.3 cm³/mol. The molecule has 0 radical (unpaired) electrons. The zero-order valence-electron chi connectivity index (χ0n) is 12.1. The molecule has 0 aliphatic carbocycles. The molecule has 6 heteroatoms. The molecule has 0 unspecified atom stereocenters. The van der Waals surface area contributed by atoms with E-state index in [4.69, 9.17) is 5.73 Å². The van der Waals surface area contributed by atoms with Crippen molar-refractivity contribution in [2.24, 2.45) is 5.73 Å². The van der Waals surface area contributed by atoms with Crippen LogP contribution in [0.2, 0.25) is 0 Å². The van der Waals surface area contributed by atoms with E-state index in [1.54, 1.807) is 12.1 Å². The summed E-state index contributed by atoms with van der Waals surface area (Å²) in [6.45, 7) is 5.84. The van der Waals surface area contributed by atoms with Gasteiger partial charge < -0.3 is 10.6 Å². The summed E-state index contributed by atoms with van der Waals surface area (Å²) in [6.07, 6.45) is 1.67. The zero-order valence-corrected chi connectivity index (χ0v) is 12.9. The second kappa shape index (κ2) is 5.71. The van der Waals surface area contributed by atoms with Crippen molar-refractivity contribution in [3.63, 3.8) is 0 Å². The molecule has 0 amide bonds. The Labute approximate surface area is 121 Å². The van der Waals surface area contributed by atoms with Crippen molar-refractivity contribution < 1.29 is 8.42 Å². The molecule has 1 aliphatic rings. The lowest BCUT2D eigenvalue weighted by atomic mass is 9.88. The number of para-hydroxylation sites is 1. The molecule has 1 aliphatic heterocycles. The van der Waals surface area contributed by atoms with E-state index in [9.17, 15) is 8.42 Å². The molecule has 0 atom stereocenters. The first-order valence-corrected chi connectivity index (χ1v) is 8.53. The van der Waals surface area contributed by atoms with E-state index in [2.05, 4.69) is 11.6 Å². The van der Waals surface area contributed by atoms with Gasteiger partial charge in [-0.15, -0.1) is 0 Å². The molecule has 1 aromatic rings. The number of nitrogens with one attached hydrogen (secondary N) is 1. The first kappa shape index (κ1) is 15.3. The molecule has 0 bridgehead atoms. The Balaban J connectivity index is 2.24. The molecule has 1 heterocycles. The van der Waals surface area contributed by atoms with Crippen LogP contribution in [0, 0.1) is 0 Å². The van der Waals surface area contributed by atoms with Gasteiger partial charge in [-0.05, 0) is 25.0 Å². The highest BCUT2D eigenvalue weighted by atomic mass is 32.2. The molecule has 1 saturated heterocycles. The topological polar surface area (TPSA) is 75.4 Å². The minimum atomic E-state index is -3.45. The van der Waals surface area contributed by atoms with Crippen LogP contribution >= 0.6 is 0 Å². The van der Waals surface area contributed by atoms with Crippen LogP contribution in [-0.4, -0.2) is 33.6 Å². The van der Waals surface area contributed by atoms with Crippen LogP contribution < -0.4 is 15.4 Å². The SMILES string of the molecule is CCCNS(=O)(=O)c1ccccc1N1CC(N)(CC)C1. The summed E-state index contributed by atoms with van der Waals surface area (Å²) < 4.78 is 27.3. The van der Waals surface area contributed by atoms with Crippen molar-refractivity contribution in [2.75, 3.05) is 24.5 Å². The summed E-state index contributed by atoms with van der Waals surface area (Å²) >= 11 is 0. The highest BCUT2D eigenvalue weighted by molar-refractivity contribution is 7.89. The third kappa shape index (κ3) is 2.97. The molecule has 112 valence electrons. The summed E-state index contributed by atoms with van der Waals surface area (Å²) in [5.41, 5.74) is 6.72. The van der Waals surface area contributed by atoms with Gasteiger partial charge in [0.1, 0.15) is 4.90 Å². The molecule has 20 heavy (non-hydrogen) atoms. The Bertz CT molecular complexity index is 566. The summed E-state index contributed by atoms with van der Waals surface area (Å²) in [5, 5.41) is 0. The fourth-order valence-corrected chi connectivity index (χ4v) is 3.73. The number of nitrogens with two attached hydrogens (primary N) is 1. The van der Waals surface area contributed by atoms with E-state index in [0.29, 0.717) is 24.5 Å². The molecule has 5 nitrogen and oxygen atoms in total. The first-order chi connectivity index (χ1) is 9.42. The van der Waals surface area contributed by atoms with E-state index in [0.717, 1.165) is 18.5 Å². The van der Waals surface area contributed by atoms with E-state index in [1.807, 2.05) is 24.0 Å². The maximum atomic E-state index is 12.3. The second-order valence-electron chi connectivity index (χ2n) is 5.44. The molecular weight excluding hydrogens is 274 g/mol. The summed E-state index contributed by atoms with van der Waals surface area (Å²) in [5.74, 6) is 0. The zero-order chi connectivity index (χ0) is 14.8. The maximum Gasteiger partial charge on any atom is 0.242 e. The van der Waals surface area contributed by atoms with Crippen LogP contribution in [0.15, 0.2) is 29.2 Å². The smallest absolute Gasteiger partial charge is 0.242 e. The summed E-state index contributed by atoms with van der Waals surface area (Å²) in [6, 6.07) is 7.10. The average molecular weight is 297 g/mol. The Kier molecular flexibility index (Phi) is 4.36. The number of anilines is 1. The van der Waals surface area contributed by atoms with Crippen molar-refractivity contribution in [2.45, 2.75) is 37.1 Å². The lowest BCUT2D eigenvalue weighted by Crippen LogP contribution is -2.67. The van der Waals surface area contributed by atoms with E-state index >= 15 is 0 Å². The van der Waals surface area contributed by atoms with Crippen molar-refractivity contribution in [3.05, 3.63) is 24.3 Å². The fourth-order valence-electron chi connectivity index (χ4n) is 2.37. The Morgan fingerprint density at radius 2 is 1.95 bits per heavy atom. The van der Waals surface area contributed by atoms with Crippen LogP contribution in [0.5, 0.6) is 0 Å². The lowest BCUT2D eigenvalue weighted by Gasteiger charge is -2.49. The van der Waals surface area contributed by atoms with Crippen molar-refractivity contribution in [3.8, 4) is 0 Å². The van der Waals surface area contributed by atoms with Crippen LogP contribution in [0.4, 0.5) is 5.69 Å². The van der Waals surface area contributed by atoms with Gasteiger partial charge in [-0.25, -0.2) is 13.1 Å². The van der Waals surface area contributed by atoms with Crippen LogP contribution in [0.25, 0.3) is 0 Å². The quantitative estimate of drug-likeness (QED) is 0.830. The molecule has 1 aromatic carbocycles. The highest BCUT2D eigenvalue weighted by Gasteiger charge is 2.39. The largest absolute Gasteiger partial charge is 0.367 e. The van der Waals surface area contributed by atoms with Gasteiger partial charge in [-0.2, -0.15) is 0 Å². The maximum absolute atomic E-state index is 12.3. The van der Waals surface area contributed by atoms with Gasteiger partial charge in [0.15, 0.2) is 0 Å². The molecule has 3 N–H and O–H groups in total. The molecule has 2 rings (SSSR count). The van der Waals surface area contributed by atoms with Crippen molar-refractivity contribution >= 4 is 15.7 Å². The van der Waals surface area contributed by atoms with E-state index < -0.39 is 10.0 Å². The minimum Gasteiger partial charge on any atom is -0.367 e. The summed E-state index contributed by atoms with van der Waals surface area (Å²) in [7, 11) is -3.45. The monoisotopic (exact) mass is 297 g/mol. The van der Waals surface area contributed by atoms with Gasteiger partial charge in [0.25, 0.3) is 0 Å². The van der Waals surface area contributed by atoms with Gasteiger partial charge in [0, 0.05) is 19.6 Å². The number of nitrogens with zero attached hydrogens (tertiary/aromatic N) is 1. The van der Waals surface area contributed by atoms with Gasteiger partial charge >= 0.3 is 0 Å². The second-order valence-corrected chi connectivity index (χ2v) is 7.17. The first-order valence-electron chi connectivity index (χ1n) is 7.04. The lowest BCUT2D eigenvalue weighted by molar-refractivity contribution is 0.321. The Morgan fingerprint density at radius 3 is 2.55 bits per heavy atom.